The second-order valence-corrected chi connectivity index (χ2v) is 2.89. The van der Waals surface area contributed by atoms with Gasteiger partial charge in [-0.05, 0) is 43.9 Å². The molecule has 0 bridgehead atoms. The molecule has 1 heteroatoms. The van der Waals surface area contributed by atoms with Gasteiger partial charge in [0.05, 0.1) is 0 Å². The highest BCUT2D eigenvalue weighted by molar-refractivity contribution is 5.54. The zero-order valence-corrected chi connectivity index (χ0v) is 7.44. The minimum Gasteiger partial charge on any atom is -0.398 e. The van der Waals surface area contributed by atoms with E-state index in [-0.39, 0.29) is 0 Å². The first-order valence-electron chi connectivity index (χ1n) is 3.98. The second-order valence-electron chi connectivity index (χ2n) is 2.89. The monoisotopic (exact) mass is 149 g/mol. The van der Waals surface area contributed by atoms with Crippen molar-refractivity contribution in [1.82, 2.24) is 0 Å². The average molecular weight is 149 g/mol. The molecular formula is C10H15N. The van der Waals surface area contributed by atoms with E-state index >= 15 is 0 Å². The van der Waals surface area contributed by atoms with Gasteiger partial charge in [0.1, 0.15) is 0 Å². The third-order valence-corrected chi connectivity index (χ3v) is 2.19. The van der Waals surface area contributed by atoms with Gasteiger partial charge in [0.25, 0.3) is 0 Å². The molecule has 0 saturated carbocycles. The van der Waals surface area contributed by atoms with Crippen molar-refractivity contribution in [2.24, 2.45) is 5.73 Å². The Hall–Kier alpha value is -0.980. The van der Waals surface area contributed by atoms with Crippen molar-refractivity contribution < 1.29 is 0 Å². The Morgan fingerprint density at radius 1 is 1.27 bits per heavy atom. The molecule has 1 nitrogen and oxygen atoms in total. The maximum atomic E-state index is 5.87. The molecule has 1 rings (SSSR count). The smallest absolute Gasteiger partial charge is 0.0379 e. The summed E-state index contributed by atoms with van der Waals surface area (Å²) in [5, 5.41) is 0. The van der Waals surface area contributed by atoms with Crippen LogP contribution in [0.2, 0.25) is 0 Å². The molecule has 0 saturated heterocycles. The molecule has 11 heavy (non-hydrogen) atoms. The van der Waals surface area contributed by atoms with Gasteiger partial charge in [0.15, 0.2) is 0 Å². The van der Waals surface area contributed by atoms with Gasteiger partial charge in [-0.1, -0.05) is 12.2 Å². The zero-order chi connectivity index (χ0) is 8.43. The Labute approximate surface area is 68.3 Å². The minimum atomic E-state index is 0.973. The molecule has 0 unspecified atom stereocenters. The minimum absolute atomic E-state index is 0.973. The van der Waals surface area contributed by atoms with E-state index in [0.29, 0.717) is 0 Å². The van der Waals surface area contributed by atoms with Crippen molar-refractivity contribution in [3.05, 3.63) is 34.6 Å². The Kier molecular flexibility index (Phi) is 2.18. The third-order valence-electron chi connectivity index (χ3n) is 2.19. The van der Waals surface area contributed by atoms with E-state index < -0.39 is 0 Å². The van der Waals surface area contributed by atoms with E-state index in [2.05, 4.69) is 26.0 Å². The van der Waals surface area contributed by atoms with Crippen molar-refractivity contribution in [3.63, 3.8) is 0 Å². The summed E-state index contributed by atoms with van der Waals surface area (Å²) in [6.45, 7) is 6.18. The zero-order valence-electron chi connectivity index (χ0n) is 7.44. The van der Waals surface area contributed by atoms with Crippen molar-refractivity contribution >= 4 is 0 Å². The van der Waals surface area contributed by atoms with Crippen LogP contribution in [-0.2, 0) is 0 Å². The molecule has 0 atom stereocenters. The van der Waals surface area contributed by atoms with Gasteiger partial charge in [0.2, 0.25) is 0 Å². The molecule has 0 spiro atoms. The van der Waals surface area contributed by atoms with E-state index in [9.17, 15) is 0 Å². The van der Waals surface area contributed by atoms with Crippen LogP contribution in [0.5, 0.6) is 0 Å². The highest BCUT2D eigenvalue weighted by Gasteiger charge is 2.16. The van der Waals surface area contributed by atoms with Crippen LogP contribution in [0, 0.1) is 0 Å². The number of allylic oxidation sites excluding steroid dienone is 4. The lowest BCUT2D eigenvalue weighted by molar-refractivity contribution is 1.18. The largest absolute Gasteiger partial charge is 0.398 e. The number of hydrogen-bond acceptors (Lipinski definition) is 1. The molecule has 0 amide bonds. The summed E-state index contributed by atoms with van der Waals surface area (Å²) in [5.74, 6) is 0. The van der Waals surface area contributed by atoms with Gasteiger partial charge >= 0.3 is 0 Å². The summed E-state index contributed by atoms with van der Waals surface area (Å²) in [6, 6.07) is 0. The molecule has 60 valence electrons. The predicted octanol–water partition coefficient (Wildman–Crippen LogP) is 2.52. The average Bonchev–Trinajstić information content (AvgIpc) is 2.28. The standard InChI is InChI=1S/C10H15N/c1-4-8-6-7(3)10(11)9(8)5-2/h4-5H,6,11H2,1-3H3/b8-4-,9-5+. The SMILES string of the molecule is C/C=C1/CC(C)=C(N)/C1=C/C. The fourth-order valence-electron chi connectivity index (χ4n) is 1.48. The van der Waals surface area contributed by atoms with E-state index in [1.807, 2.05) is 6.92 Å². The molecule has 0 heterocycles. The molecule has 0 fully saturated rings. The molecular weight excluding hydrogens is 134 g/mol. The van der Waals surface area contributed by atoms with E-state index in [1.54, 1.807) is 0 Å². The van der Waals surface area contributed by atoms with Crippen molar-refractivity contribution in [3.8, 4) is 0 Å². The predicted molar refractivity (Wildman–Crippen MR) is 49.0 cm³/mol. The van der Waals surface area contributed by atoms with Crippen LogP contribution in [0.3, 0.4) is 0 Å². The number of rotatable bonds is 0. The van der Waals surface area contributed by atoms with E-state index in [0.717, 1.165) is 12.1 Å². The lowest BCUT2D eigenvalue weighted by atomic mass is 10.1. The van der Waals surface area contributed by atoms with Crippen LogP contribution in [-0.4, -0.2) is 0 Å². The molecule has 0 radical (unpaired) electrons. The van der Waals surface area contributed by atoms with Crippen molar-refractivity contribution in [2.75, 3.05) is 0 Å². The van der Waals surface area contributed by atoms with Gasteiger partial charge in [-0.2, -0.15) is 0 Å². The summed E-state index contributed by atoms with van der Waals surface area (Å²) < 4.78 is 0. The molecule has 0 aliphatic heterocycles. The third kappa shape index (κ3) is 1.23. The fourth-order valence-corrected chi connectivity index (χ4v) is 1.48. The number of hydrogen-bond donors (Lipinski definition) is 1. The van der Waals surface area contributed by atoms with Gasteiger partial charge in [-0.25, -0.2) is 0 Å². The maximum Gasteiger partial charge on any atom is 0.0379 e. The van der Waals surface area contributed by atoms with E-state index in [1.165, 1.54) is 16.7 Å². The summed E-state index contributed by atoms with van der Waals surface area (Å²) in [7, 11) is 0. The van der Waals surface area contributed by atoms with Crippen LogP contribution in [0.4, 0.5) is 0 Å². The van der Waals surface area contributed by atoms with Crippen LogP contribution in [0.25, 0.3) is 0 Å². The molecule has 0 aromatic rings. The first-order valence-corrected chi connectivity index (χ1v) is 3.98. The molecule has 1 aliphatic carbocycles. The van der Waals surface area contributed by atoms with Gasteiger partial charge < -0.3 is 5.73 Å². The summed E-state index contributed by atoms with van der Waals surface area (Å²) in [5.41, 5.74) is 10.7. The first kappa shape index (κ1) is 8.12. The molecule has 0 aromatic heterocycles. The molecule has 2 N–H and O–H groups in total. The summed E-state index contributed by atoms with van der Waals surface area (Å²) in [4.78, 5) is 0. The Bertz CT molecular complexity index is 254. The Balaban J connectivity index is 3.07. The number of nitrogens with two attached hydrogens (primary N) is 1. The summed E-state index contributed by atoms with van der Waals surface area (Å²) in [6.07, 6.45) is 5.25. The summed E-state index contributed by atoms with van der Waals surface area (Å²) >= 11 is 0. The van der Waals surface area contributed by atoms with Crippen LogP contribution >= 0.6 is 0 Å². The molecule has 0 aromatic carbocycles. The fraction of sp³-hybridized carbons (Fsp3) is 0.400. The highest BCUT2D eigenvalue weighted by Crippen LogP contribution is 2.32. The maximum absolute atomic E-state index is 5.87. The van der Waals surface area contributed by atoms with E-state index in [4.69, 9.17) is 5.73 Å². The van der Waals surface area contributed by atoms with Crippen LogP contribution in [0.1, 0.15) is 27.2 Å². The van der Waals surface area contributed by atoms with Crippen molar-refractivity contribution in [1.29, 1.82) is 0 Å². The van der Waals surface area contributed by atoms with Gasteiger partial charge in [0, 0.05) is 5.70 Å². The van der Waals surface area contributed by atoms with Gasteiger partial charge in [-0.15, -0.1) is 0 Å². The van der Waals surface area contributed by atoms with Crippen LogP contribution in [0.15, 0.2) is 34.6 Å². The lowest BCUT2D eigenvalue weighted by Gasteiger charge is -1.99. The first-order chi connectivity index (χ1) is 5.20. The normalized spacial score (nSPS) is 25.7. The quantitative estimate of drug-likeness (QED) is 0.562. The topological polar surface area (TPSA) is 26.0 Å². The van der Waals surface area contributed by atoms with Crippen LogP contribution < -0.4 is 5.73 Å². The second kappa shape index (κ2) is 2.95. The lowest BCUT2D eigenvalue weighted by Crippen LogP contribution is -1.97. The van der Waals surface area contributed by atoms with Crippen molar-refractivity contribution in [2.45, 2.75) is 27.2 Å². The Morgan fingerprint density at radius 3 is 2.27 bits per heavy atom. The van der Waals surface area contributed by atoms with Gasteiger partial charge in [-0.3, -0.25) is 0 Å². The highest BCUT2D eigenvalue weighted by atomic mass is 14.6. The molecule has 1 aliphatic rings. The Morgan fingerprint density at radius 2 is 1.91 bits per heavy atom.